The zero-order chi connectivity index (χ0) is 10.1. The molecule has 2 aromatic rings. The zero-order valence-corrected chi connectivity index (χ0v) is 7.07. The predicted molar refractivity (Wildman–Crippen MR) is 48.5 cm³/mol. The monoisotopic (exact) mass is 194 g/mol. The number of anilines is 2. The van der Waals surface area contributed by atoms with Crippen molar-refractivity contribution in [2.75, 3.05) is 11.5 Å². The maximum absolute atomic E-state index is 12.8. The van der Waals surface area contributed by atoms with Gasteiger partial charge in [0.1, 0.15) is 5.82 Å². The topological polar surface area (TPSA) is 91.0 Å². The SMILES string of the molecule is Nc1noc(-c2ccc(F)c(N)c2)n1. The van der Waals surface area contributed by atoms with Crippen molar-refractivity contribution >= 4 is 11.6 Å². The van der Waals surface area contributed by atoms with Gasteiger partial charge in [-0.2, -0.15) is 4.98 Å². The van der Waals surface area contributed by atoms with E-state index in [2.05, 4.69) is 10.1 Å². The molecule has 0 aliphatic heterocycles. The molecule has 72 valence electrons. The van der Waals surface area contributed by atoms with E-state index in [0.717, 1.165) is 0 Å². The van der Waals surface area contributed by atoms with Crippen molar-refractivity contribution in [3.63, 3.8) is 0 Å². The first-order valence-electron chi connectivity index (χ1n) is 3.81. The van der Waals surface area contributed by atoms with E-state index in [-0.39, 0.29) is 17.5 Å². The van der Waals surface area contributed by atoms with Crippen molar-refractivity contribution in [1.29, 1.82) is 0 Å². The molecule has 0 spiro atoms. The molecule has 0 unspecified atom stereocenters. The van der Waals surface area contributed by atoms with Gasteiger partial charge < -0.3 is 16.0 Å². The van der Waals surface area contributed by atoms with Gasteiger partial charge in [0.15, 0.2) is 0 Å². The van der Waals surface area contributed by atoms with Crippen LogP contribution >= 0.6 is 0 Å². The Morgan fingerprint density at radius 1 is 1.29 bits per heavy atom. The van der Waals surface area contributed by atoms with Crippen LogP contribution in [0.2, 0.25) is 0 Å². The van der Waals surface area contributed by atoms with Gasteiger partial charge in [-0.15, -0.1) is 0 Å². The number of halogens is 1. The van der Waals surface area contributed by atoms with E-state index in [9.17, 15) is 4.39 Å². The minimum atomic E-state index is -0.485. The van der Waals surface area contributed by atoms with Gasteiger partial charge in [-0.05, 0) is 23.4 Å². The van der Waals surface area contributed by atoms with Crippen LogP contribution in [-0.4, -0.2) is 10.1 Å². The number of hydrogen-bond donors (Lipinski definition) is 2. The summed E-state index contributed by atoms with van der Waals surface area (Å²) in [7, 11) is 0. The molecule has 0 aliphatic carbocycles. The average molecular weight is 194 g/mol. The molecule has 5 nitrogen and oxygen atoms in total. The number of nitrogen functional groups attached to an aromatic ring is 2. The summed E-state index contributed by atoms with van der Waals surface area (Å²) in [6.07, 6.45) is 0. The van der Waals surface area contributed by atoms with Crippen LogP contribution in [0.5, 0.6) is 0 Å². The fourth-order valence-electron chi connectivity index (χ4n) is 1.03. The number of aromatic nitrogens is 2. The molecular formula is C8H7FN4O. The van der Waals surface area contributed by atoms with Crippen LogP contribution in [0.3, 0.4) is 0 Å². The lowest BCUT2D eigenvalue weighted by molar-refractivity contribution is 0.433. The minimum absolute atomic E-state index is 0.0271. The van der Waals surface area contributed by atoms with Gasteiger partial charge in [-0.3, -0.25) is 0 Å². The molecular weight excluding hydrogens is 187 g/mol. The first kappa shape index (κ1) is 8.49. The molecule has 1 aromatic carbocycles. The normalized spacial score (nSPS) is 10.4. The number of hydrogen-bond acceptors (Lipinski definition) is 5. The van der Waals surface area contributed by atoms with Crippen molar-refractivity contribution in [3.05, 3.63) is 24.0 Å². The second kappa shape index (κ2) is 2.99. The van der Waals surface area contributed by atoms with Crippen LogP contribution in [0.4, 0.5) is 16.0 Å². The number of nitrogens with zero attached hydrogens (tertiary/aromatic N) is 2. The van der Waals surface area contributed by atoms with E-state index in [0.29, 0.717) is 5.56 Å². The largest absolute Gasteiger partial charge is 0.396 e. The molecule has 0 saturated carbocycles. The third-order valence-corrected chi connectivity index (χ3v) is 1.68. The molecule has 1 heterocycles. The Kier molecular flexibility index (Phi) is 1.81. The Morgan fingerprint density at radius 2 is 2.07 bits per heavy atom. The highest BCUT2D eigenvalue weighted by Gasteiger charge is 2.08. The quantitative estimate of drug-likeness (QED) is 0.662. The van der Waals surface area contributed by atoms with Gasteiger partial charge in [0.25, 0.3) is 11.8 Å². The Labute approximate surface area is 78.5 Å². The van der Waals surface area contributed by atoms with E-state index in [1.54, 1.807) is 0 Å². The van der Waals surface area contributed by atoms with Crippen LogP contribution in [-0.2, 0) is 0 Å². The van der Waals surface area contributed by atoms with Gasteiger partial charge in [0, 0.05) is 5.56 Å². The molecule has 4 N–H and O–H groups in total. The minimum Gasteiger partial charge on any atom is -0.396 e. The van der Waals surface area contributed by atoms with E-state index >= 15 is 0 Å². The third-order valence-electron chi connectivity index (χ3n) is 1.68. The van der Waals surface area contributed by atoms with Crippen molar-refractivity contribution < 1.29 is 8.91 Å². The second-order valence-corrected chi connectivity index (χ2v) is 2.69. The van der Waals surface area contributed by atoms with E-state index in [1.807, 2.05) is 0 Å². The number of benzene rings is 1. The lowest BCUT2D eigenvalue weighted by Crippen LogP contribution is -1.91. The van der Waals surface area contributed by atoms with Crippen molar-refractivity contribution in [3.8, 4) is 11.5 Å². The third kappa shape index (κ3) is 1.37. The summed E-state index contributed by atoms with van der Waals surface area (Å²) in [6.45, 7) is 0. The molecule has 14 heavy (non-hydrogen) atoms. The number of nitrogens with two attached hydrogens (primary N) is 2. The molecule has 6 heteroatoms. The van der Waals surface area contributed by atoms with Gasteiger partial charge in [0.05, 0.1) is 5.69 Å². The fraction of sp³-hybridized carbons (Fsp3) is 0. The summed E-state index contributed by atoms with van der Waals surface area (Å²) in [5, 5.41) is 3.40. The van der Waals surface area contributed by atoms with E-state index in [4.69, 9.17) is 16.0 Å². The van der Waals surface area contributed by atoms with E-state index < -0.39 is 5.82 Å². The van der Waals surface area contributed by atoms with Crippen LogP contribution in [0.25, 0.3) is 11.5 Å². The average Bonchev–Trinajstić information content (AvgIpc) is 2.57. The van der Waals surface area contributed by atoms with Crippen LogP contribution in [0.1, 0.15) is 0 Å². The molecule has 0 amide bonds. The summed E-state index contributed by atoms with van der Waals surface area (Å²) in [5.41, 5.74) is 11.2. The summed E-state index contributed by atoms with van der Waals surface area (Å²) in [4.78, 5) is 3.77. The first-order chi connectivity index (χ1) is 6.66. The van der Waals surface area contributed by atoms with Gasteiger partial charge in [-0.1, -0.05) is 0 Å². The highest BCUT2D eigenvalue weighted by Crippen LogP contribution is 2.21. The zero-order valence-electron chi connectivity index (χ0n) is 7.07. The second-order valence-electron chi connectivity index (χ2n) is 2.69. The van der Waals surface area contributed by atoms with Crippen molar-refractivity contribution in [2.45, 2.75) is 0 Å². The van der Waals surface area contributed by atoms with Gasteiger partial charge >= 0.3 is 0 Å². The van der Waals surface area contributed by atoms with Crippen LogP contribution < -0.4 is 11.5 Å². The Bertz CT molecular complexity index is 468. The van der Waals surface area contributed by atoms with Crippen molar-refractivity contribution in [1.82, 2.24) is 10.1 Å². The summed E-state index contributed by atoms with van der Waals surface area (Å²) < 4.78 is 17.6. The molecule has 2 rings (SSSR count). The molecule has 0 aliphatic rings. The standard InChI is InChI=1S/C8H7FN4O/c9-5-2-1-4(3-6(5)10)7-12-8(11)13-14-7/h1-3H,10H2,(H2,11,13). The lowest BCUT2D eigenvalue weighted by atomic mass is 10.2. The molecule has 0 saturated heterocycles. The Hall–Kier alpha value is -2.11. The summed E-state index contributed by atoms with van der Waals surface area (Å²) >= 11 is 0. The maximum atomic E-state index is 12.8. The Morgan fingerprint density at radius 3 is 2.64 bits per heavy atom. The van der Waals surface area contributed by atoms with Crippen LogP contribution in [0.15, 0.2) is 22.7 Å². The van der Waals surface area contributed by atoms with E-state index in [1.165, 1.54) is 18.2 Å². The first-order valence-corrected chi connectivity index (χ1v) is 3.81. The molecule has 1 aromatic heterocycles. The van der Waals surface area contributed by atoms with Gasteiger partial charge in [0.2, 0.25) is 0 Å². The summed E-state index contributed by atoms with van der Waals surface area (Å²) in [5.74, 6) is -0.238. The molecule has 0 atom stereocenters. The summed E-state index contributed by atoms with van der Waals surface area (Å²) in [6, 6.07) is 4.12. The maximum Gasteiger partial charge on any atom is 0.261 e. The van der Waals surface area contributed by atoms with Crippen molar-refractivity contribution in [2.24, 2.45) is 0 Å². The highest BCUT2D eigenvalue weighted by molar-refractivity contribution is 5.60. The molecule has 0 bridgehead atoms. The lowest BCUT2D eigenvalue weighted by Gasteiger charge is -1.97. The Balaban J connectivity index is 2.47. The predicted octanol–water partition coefficient (Wildman–Crippen LogP) is 1.04. The fourth-order valence-corrected chi connectivity index (χ4v) is 1.03. The highest BCUT2D eigenvalue weighted by atomic mass is 19.1. The smallest absolute Gasteiger partial charge is 0.261 e. The van der Waals surface area contributed by atoms with Gasteiger partial charge in [-0.25, -0.2) is 4.39 Å². The molecule has 0 fully saturated rings. The van der Waals surface area contributed by atoms with Crippen LogP contribution in [0, 0.1) is 5.82 Å². The number of rotatable bonds is 1. The molecule has 0 radical (unpaired) electrons.